The van der Waals surface area contributed by atoms with Crippen molar-refractivity contribution in [2.24, 2.45) is 0 Å². The van der Waals surface area contributed by atoms with Crippen molar-refractivity contribution in [1.29, 1.82) is 0 Å². The van der Waals surface area contributed by atoms with Crippen molar-refractivity contribution < 1.29 is 14.7 Å². The van der Waals surface area contributed by atoms with E-state index >= 15 is 0 Å². The predicted molar refractivity (Wildman–Crippen MR) is 109 cm³/mol. The Bertz CT molecular complexity index is 893. The minimum atomic E-state index is -0.884. The van der Waals surface area contributed by atoms with Crippen molar-refractivity contribution in [3.8, 4) is 10.6 Å². The summed E-state index contributed by atoms with van der Waals surface area (Å²) in [7, 11) is 0. The molecule has 1 fully saturated rings. The average Bonchev–Trinajstić information content (AvgIpc) is 3.15. The normalized spacial score (nSPS) is 15.9. The molecule has 134 valence electrons. The molecule has 1 aliphatic heterocycles. The van der Waals surface area contributed by atoms with E-state index in [-0.39, 0.29) is 12.3 Å². The minimum Gasteiger partial charge on any atom is -0.481 e. The van der Waals surface area contributed by atoms with Crippen molar-refractivity contribution in [2.45, 2.75) is 12.8 Å². The smallest absolute Gasteiger partial charge is 0.303 e. The molecule has 2 aromatic rings. The van der Waals surface area contributed by atoms with Gasteiger partial charge in [-0.3, -0.25) is 14.5 Å². The zero-order valence-electron chi connectivity index (χ0n) is 13.3. The van der Waals surface area contributed by atoms with Gasteiger partial charge in [-0.05, 0) is 24.6 Å². The highest BCUT2D eigenvalue weighted by atomic mass is 35.5. The van der Waals surface area contributed by atoms with Gasteiger partial charge in [0.15, 0.2) is 0 Å². The van der Waals surface area contributed by atoms with E-state index in [4.69, 9.17) is 28.9 Å². The Morgan fingerprint density at radius 1 is 1.35 bits per heavy atom. The third-order valence-corrected chi connectivity index (χ3v) is 6.16. The summed E-state index contributed by atoms with van der Waals surface area (Å²) in [6, 6.07) is 7.40. The standard InChI is InChI=1S/C17H13ClN2O3S3/c18-11-5-3-10(4-6-11)15-19-9-12(25-15)8-13-16(23)20(17(24)26-13)7-1-2-14(21)22/h3-6,8-9H,1-2,7H2,(H,21,22)/b13-8-. The second-order valence-corrected chi connectivity index (χ2v) is 8.58. The quantitative estimate of drug-likeness (QED) is 0.542. The van der Waals surface area contributed by atoms with Gasteiger partial charge in [0.05, 0.1) is 4.91 Å². The van der Waals surface area contributed by atoms with E-state index in [2.05, 4.69) is 4.98 Å². The van der Waals surface area contributed by atoms with Crippen LogP contribution in [0.2, 0.25) is 5.02 Å². The summed E-state index contributed by atoms with van der Waals surface area (Å²) < 4.78 is 0.453. The van der Waals surface area contributed by atoms with Crippen LogP contribution in [0.5, 0.6) is 0 Å². The van der Waals surface area contributed by atoms with Gasteiger partial charge in [-0.1, -0.05) is 47.7 Å². The van der Waals surface area contributed by atoms with Crippen molar-refractivity contribution in [3.63, 3.8) is 0 Å². The molecule has 1 aromatic heterocycles. The molecule has 1 N–H and O–H groups in total. The molecule has 0 aliphatic carbocycles. The van der Waals surface area contributed by atoms with Crippen LogP contribution >= 0.6 is 46.9 Å². The summed E-state index contributed by atoms with van der Waals surface area (Å²) in [5.41, 5.74) is 0.959. The van der Waals surface area contributed by atoms with E-state index in [0.717, 1.165) is 15.4 Å². The minimum absolute atomic E-state index is 0.00933. The Kier molecular flexibility index (Phi) is 6.08. The lowest BCUT2D eigenvalue weighted by atomic mass is 10.2. The second kappa shape index (κ2) is 8.30. The van der Waals surface area contributed by atoms with E-state index in [9.17, 15) is 9.59 Å². The maximum Gasteiger partial charge on any atom is 0.303 e. The van der Waals surface area contributed by atoms with Gasteiger partial charge in [-0.2, -0.15) is 0 Å². The first-order valence-electron chi connectivity index (χ1n) is 7.63. The summed E-state index contributed by atoms with van der Waals surface area (Å²) in [6.07, 6.45) is 3.87. The van der Waals surface area contributed by atoms with Crippen molar-refractivity contribution >= 4 is 69.2 Å². The molecular formula is C17H13ClN2O3S3. The Balaban J connectivity index is 1.72. The summed E-state index contributed by atoms with van der Waals surface area (Å²) in [6.45, 7) is 0.313. The monoisotopic (exact) mass is 424 g/mol. The first kappa shape index (κ1) is 19.0. The summed E-state index contributed by atoms with van der Waals surface area (Å²) >= 11 is 13.8. The molecule has 1 saturated heterocycles. The molecule has 26 heavy (non-hydrogen) atoms. The largest absolute Gasteiger partial charge is 0.481 e. The number of thiazole rings is 1. The number of thioether (sulfide) groups is 1. The highest BCUT2D eigenvalue weighted by Crippen LogP contribution is 2.35. The van der Waals surface area contributed by atoms with Crippen LogP contribution in [0.4, 0.5) is 0 Å². The maximum atomic E-state index is 12.5. The lowest BCUT2D eigenvalue weighted by Gasteiger charge is -2.13. The van der Waals surface area contributed by atoms with Gasteiger partial charge in [0.1, 0.15) is 9.33 Å². The Morgan fingerprint density at radius 2 is 2.08 bits per heavy atom. The number of rotatable bonds is 6. The van der Waals surface area contributed by atoms with Gasteiger partial charge in [0, 0.05) is 34.6 Å². The molecule has 0 radical (unpaired) electrons. The van der Waals surface area contributed by atoms with Gasteiger partial charge < -0.3 is 5.11 Å². The molecule has 9 heteroatoms. The Morgan fingerprint density at radius 3 is 2.77 bits per heavy atom. The molecule has 0 unspecified atom stereocenters. The molecular weight excluding hydrogens is 412 g/mol. The number of carbonyl (C=O) groups is 2. The fourth-order valence-corrected chi connectivity index (χ4v) is 4.65. The van der Waals surface area contributed by atoms with Crippen molar-refractivity contribution in [3.05, 3.63) is 45.3 Å². The van der Waals surface area contributed by atoms with E-state index in [1.807, 2.05) is 12.1 Å². The summed E-state index contributed by atoms with van der Waals surface area (Å²) in [5.74, 6) is -1.07. The number of carboxylic acid groups (broad SMARTS) is 1. The first-order valence-corrected chi connectivity index (χ1v) is 10.0. The van der Waals surface area contributed by atoms with Crippen LogP contribution in [-0.4, -0.2) is 37.7 Å². The Hall–Kier alpha value is -1.74. The van der Waals surface area contributed by atoms with Crippen LogP contribution in [0.1, 0.15) is 17.7 Å². The van der Waals surface area contributed by atoms with Crippen LogP contribution in [0, 0.1) is 0 Å². The number of aliphatic carboxylic acids is 1. The molecule has 1 amide bonds. The number of aromatic nitrogens is 1. The topological polar surface area (TPSA) is 70.5 Å². The zero-order valence-corrected chi connectivity index (χ0v) is 16.6. The molecule has 1 aromatic carbocycles. The first-order chi connectivity index (χ1) is 12.4. The fourth-order valence-electron chi connectivity index (χ4n) is 2.29. The van der Waals surface area contributed by atoms with E-state index in [1.165, 1.54) is 28.0 Å². The molecule has 5 nitrogen and oxygen atoms in total. The number of hydrogen-bond donors (Lipinski definition) is 1. The second-order valence-electron chi connectivity index (χ2n) is 5.41. The molecule has 2 heterocycles. The van der Waals surface area contributed by atoms with Crippen molar-refractivity contribution in [2.75, 3.05) is 6.54 Å². The van der Waals surface area contributed by atoms with Gasteiger partial charge in [0.2, 0.25) is 0 Å². The number of halogens is 1. The zero-order chi connectivity index (χ0) is 18.7. The van der Waals surface area contributed by atoms with Crippen molar-refractivity contribution in [1.82, 2.24) is 9.88 Å². The molecule has 0 spiro atoms. The van der Waals surface area contributed by atoms with E-state index in [0.29, 0.717) is 27.2 Å². The lowest BCUT2D eigenvalue weighted by molar-refractivity contribution is -0.137. The fraction of sp³-hybridized carbons (Fsp3) is 0.176. The Labute approximate surface area is 168 Å². The average molecular weight is 425 g/mol. The number of thiocarbonyl (C=S) groups is 1. The number of carbonyl (C=O) groups excluding carboxylic acids is 1. The van der Waals surface area contributed by atoms with Gasteiger partial charge in [0.25, 0.3) is 5.91 Å². The molecule has 3 rings (SSSR count). The maximum absolute atomic E-state index is 12.5. The van der Waals surface area contributed by atoms with Crippen LogP contribution in [-0.2, 0) is 9.59 Å². The lowest BCUT2D eigenvalue weighted by Crippen LogP contribution is -2.29. The van der Waals surface area contributed by atoms with Crippen LogP contribution < -0.4 is 0 Å². The predicted octanol–water partition coefficient (Wildman–Crippen LogP) is 4.53. The number of nitrogens with zero attached hydrogens (tertiary/aromatic N) is 2. The molecule has 0 bridgehead atoms. The van der Waals surface area contributed by atoms with Crippen LogP contribution in [0.25, 0.3) is 16.6 Å². The van der Waals surface area contributed by atoms with Gasteiger partial charge in [-0.25, -0.2) is 4.98 Å². The highest BCUT2D eigenvalue weighted by Gasteiger charge is 2.31. The summed E-state index contributed by atoms with van der Waals surface area (Å²) in [5, 5.41) is 10.2. The number of carboxylic acids is 1. The number of amides is 1. The van der Waals surface area contributed by atoms with Gasteiger partial charge >= 0.3 is 5.97 Å². The third kappa shape index (κ3) is 4.50. The van der Waals surface area contributed by atoms with Crippen LogP contribution in [0.15, 0.2) is 35.4 Å². The van der Waals surface area contributed by atoms with E-state index in [1.54, 1.807) is 24.4 Å². The van der Waals surface area contributed by atoms with Gasteiger partial charge in [-0.15, -0.1) is 11.3 Å². The SMILES string of the molecule is O=C(O)CCCN1C(=O)/C(=C/c2cnc(-c3ccc(Cl)cc3)s2)SC1=S. The van der Waals surface area contributed by atoms with Crippen LogP contribution in [0.3, 0.4) is 0 Å². The highest BCUT2D eigenvalue weighted by molar-refractivity contribution is 8.26. The number of benzene rings is 1. The molecule has 1 aliphatic rings. The molecule has 0 saturated carbocycles. The molecule has 0 atom stereocenters. The summed E-state index contributed by atoms with van der Waals surface area (Å²) in [4.78, 5) is 30.3. The third-order valence-electron chi connectivity index (χ3n) is 3.53. The number of hydrogen-bond acceptors (Lipinski definition) is 6. The van der Waals surface area contributed by atoms with E-state index < -0.39 is 5.97 Å².